The Morgan fingerprint density at radius 2 is 1.25 bits per heavy atom. The summed E-state index contributed by atoms with van der Waals surface area (Å²) < 4.78 is 0. The molecule has 0 heterocycles. The first-order valence-electron chi connectivity index (χ1n) is 9.47. The molecule has 0 saturated heterocycles. The number of aliphatic hydroxyl groups excluding tert-OH is 1. The third kappa shape index (κ3) is 3.53. The topological polar surface area (TPSA) is 44.0 Å². The van der Waals surface area contributed by atoms with Gasteiger partial charge in [-0.25, -0.2) is 0 Å². The molecule has 0 bridgehead atoms. The zero-order chi connectivity index (χ0) is 19.3. The summed E-state index contributed by atoms with van der Waals surface area (Å²) in [6, 6.07) is 34.3. The lowest BCUT2D eigenvalue weighted by Crippen LogP contribution is -2.09. The number of rotatable bonds is 5. The van der Waals surface area contributed by atoms with Gasteiger partial charge >= 0.3 is 0 Å². The van der Waals surface area contributed by atoms with Gasteiger partial charge in [0.2, 0.25) is 0 Å². The van der Waals surface area contributed by atoms with Crippen molar-refractivity contribution >= 4 is 10.8 Å². The molecule has 28 heavy (non-hydrogen) atoms. The number of fused-ring (bicyclic) bond motifs is 1. The van der Waals surface area contributed by atoms with Gasteiger partial charge in [0.05, 0.1) is 17.7 Å². The summed E-state index contributed by atoms with van der Waals surface area (Å²) in [5.41, 5.74) is 3.89. The zero-order valence-corrected chi connectivity index (χ0v) is 15.5. The molecule has 0 aliphatic heterocycles. The molecule has 4 rings (SSSR count). The molecule has 136 valence electrons. The lowest BCUT2D eigenvalue weighted by atomic mass is 9.82. The Morgan fingerprint density at radius 3 is 1.89 bits per heavy atom. The van der Waals surface area contributed by atoms with Gasteiger partial charge in [0, 0.05) is 5.92 Å². The van der Waals surface area contributed by atoms with Gasteiger partial charge in [-0.3, -0.25) is 0 Å². The zero-order valence-electron chi connectivity index (χ0n) is 15.5. The molecule has 2 atom stereocenters. The molecule has 4 aromatic carbocycles. The highest BCUT2D eigenvalue weighted by molar-refractivity contribution is 5.91. The predicted octanol–water partition coefficient (Wildman–Crippen LogP) is 5.97. The Hall–Kier alpha value is -3.41. The third-order valence-corrected chi connectivity index (χ3v) is 5.30. The minimum absolute atomic E-state index is 0.0223. The lowest BCUT2D eigenvalue weighted by Gasteiger charge is -2.23. The highest BCUT2D eigenvalue weighted by Crippen LogP contribution is 2.38. The fourth-order valence-corrected chi connectivity index (χ4v) is 3.89. The summed E-state index contributed by atoms with van der Waals surface area (Å²) in [4.78, 5) is 0. The number of benzene rings is 4. The standard InChI is InChI=1S/C26H21NO/c27-18-21-15-16-24(23-14-8-7-13-22(21)23)25(19-9-3-1-4-10-19)17-26(28)20-11-5-2-6-12-20/h1-16,25-26,28H,17H2. The molecule has 4 aromatic rings. The van der Waals surface area contributed by atoms with E-state index >= 15 is 0 Å². The number of nitriles is 1. The van der Waals surface area contributed by atoms with Gasteiger partial charge in [-0.15, -0.1) is 0 Å². The number of nitrogens with zero attached hydrogens (tertiary/aromatic N) is 1. The minimum Gasteiger partial charge on any atom is -0.388 e. The fraction of sp³-hybridized carbons (Fsp3) is 0.115. The molecule has 0 aliphatic rings. The number of aliphatic hydroxyl groups is 1. The van der Waals surface area contributed by atoms with Crippen LogP contribution in [0, 0.1) is 11.3 Å². The van der Waals surface area contributed by atoms with E-state index in [9.17, 15) is 10.4 Å². The maximum Gasteiger partial charge on any atom is 0.0998 e. The Morgan fingerprint density at radius 1 is 0.679 bits per heavy atom. The van der Waals surface area contributed by atoms with E-state index in [1.807, 2.05) is 78.9 Å². The summed E-state index contributed by atoms with van der Waals surface area (Å²) in [6.45, 7) is 0. The Balaban J connectivity index is 1.83. The molecule has 0 radical (unpaired) electrons. The SMILES string of the molecule is N#Cc1ccc(C(CC(O)c2ccccc2)c2ccccc2)c2ccccc12. The second-order valence-corrected chi connectivity index (χ2v) is 6.99. The second kappa shape index (κ2) is 8.08. The molecular weight excluding hydrogens is 342 g/mol. The van der Waals surface area contributed by atoms with E-state index in [1.165, 1.54) is 0 Å². The molecule has 2 heteroatoms. The van der Waals surface area contributed by atoms with Crippen LogP contribution in [0.3, 0.4) is 0 Å². The molecule has 0 saturated carbocycles. The van der Waals surface area contributed by atoms with Crippen LogP contribution in [0.2, 0.25) is 0 Å². The van der Waals surface area contributed by atoms with Crippen molar-refractivity contribution in [2.45, 2.75) is 18.4 Å². The van der Waals surface area contributed by atoms with Crippen molar-refractivity contribution in [3.05, 3.63) is 119 Å². The van der Waals surface area contributed by atoms with Gasteiger partial charge in [-0.05, 0) is 39.9 Å². The summed E-state index contributed by atoms with van der Waals surface area (Å²) >= 11 is 0. The predicted molar refractivity (Wildman–Crippen MR) is 113 cm³/mol. The van der Waals surface area contributed by atoms with E-state index in [4.69, 9.17) is 0 Å². The molecular formula is C26H21NO. The van der Waals surface area contributed by atoms with Gasteiger partial charge < -0.3 is 5.11 Å². The maximum absolute atomic E-state index is 10.9. The Labute approximate surface area is 165 Å². The van der Waals surface area contributed by atoms with Crippen LogP contribution < -0.4 is 0 Å². The van der Waals surface area contributed by atoms with Crippen LogP contribution in [-0.2, 0) is 0 Å². The molecule has 0 fully saturated rings. The van der Waals surface area contributed by atoms with E-state index in [0.717, 1.165) is 27.5 Å². The van der Waals surface area contributed by atoms with Crippen molar-refractivity contribution in [3.8, 4) is 6.07 Å². The normalized spacial score (nSPS) is 13.0. The van der Waals surface area contributed by atoms with Crippen LogP contribution in [0.1, 0.15) is 40.7 Å². The molecule has 0 spiro atoms. The fourth-order valence-electron chi connectivity index (χ4n) is 3.89. The molecule has 0 amide bonds. The summed E-state index contributed by atoms with van der Waals surface area (Å²) in [7, 11) is 0. The van der Waals surface area contributed by atoms with Crippen molar-refractivity contribution in [1.29, 1.82) is 5.26 Å². The van der Waals surface area contributed by atoms with Crippen LogP contribution in [0.5, 0.6) is 0 Å². The second-order valence-electron chi connectivity index (χ2n) is 6.99. The average Bonchev–Trinajstić information content (AvgIpc) is 2.78. The summed E-state index contributed by atoms with van der Waals surface area (Å²) in [5, 5.41) is 22.4. The van der Waals surface area contributed by atoms with E-state index in [1.54, 1.807) is 0 Å². The quantitative estimate of drug-likeness (QED) is 0.475. The molecule has 1 N–H and O–H groups in total. The minimum atomic E-state index is -0.569. The highest BCUT2D eigenvalue weighted by atomic mass is 16.3. The van der Waals surface area contributed by atoms with E-state index < -0.39 is 6.10 Å². The van der Waals surface area contributed by atoms with Crippen molar-refractivity contribution < 1.29 is 5.11 Å². The van der Waals surface area contributed by atoms with Gasteiger partial charge in [0.15, 0.2) is 0 Å². The van der Waals surface area contributed by atoms with Crippen LogP contribution >= 0.6 is 0 Å². The van der Waals surface area contributed by atoms with Crippen molar-refractivity contribution in [3.63, 3.8) is 0 Å². The third-order valence-electron chi connectivity index (χ3n) is 5.30. The van der Waals surface area contributed by atoms with Crippen molar-refractivity contribution in [2.24, 2.45) is 0 Å². The molecule has 0 aromatic heterocycles. The van der Waals surface area contributed by atoms with E-state index in [0.29, 0.717) is 12.0 Å². The largest absolute Gasteiger partial charge is 0.388 e. The average molecular weight is 363 g/mol. The maximum atomic E-state index is 10.9. The molecule has 2 unspecified atom stereocenters. The van der Waals surface area contributed by atoms with E-state index in [-0.39, 0.29) is 5.92 Å². The smallest absolute Gasteiger partial charge is 0.0998 e. The van der Waals surface area contributed by atoms with Crippen LogP contribution in [0.4, 0.5) is 0 Å². The van der Waals surface area contributed by atoms with Crippen LogP contribution in [0.25, 0.3) is 10.8 Å². The van der Waals surface area contributed by atoms with Gasteiger partial charge in [0.25, 0.3) is 0 Å². The Kier molecular flexibility index (Phi) is 5.19. The summed E-state index contributed by atoms with van der Waals surface area (Å²) in [5.74, 6) is 0.0223. The number of hydrogen-bond acceptors (Lipinski definition) is 2. The van der Waals surface area contributed by atoms with Crippen molar-refractivity contribution in [2.75, 3.05) is 0 Å². The monoisotopic (exact) mass is 363 g/mol. The van der Waals surface area contributed by atoms with Crippen molar-refractivity contribution in [1.82, 2.24) is 0 Å². The lowest BCUT2D eigenvalue weighted by molar-refractivity contribution is 0.162. The number of hydrogen-bond donors (Lipinski definition) is 1. The Bertz CT molecular complexity index is 1110. The first kappa shape index (κ1) is 18.0. The van der Waals surface area contributed by atoms with Gasteiger partial charge in [0.1, 0.15) is 0 Å². The first-order chi connectivity index (χ1) is 13.8. The molecule has 0 aliphatic carbocycles. The van der Waals surface area contributed by atoms with E-state index in [2.05, 4.69) is 24.3 Å². The van der Waals surface area contributed by atoms with Crippen LogP contribution in [-0.4, -0.2) is 5.11 Å². The van der Waals surface area contributed by atoms with Crippen LogP contribution in [0.15, 0.2) is 97.1 Å². The van der Waals surface area contributed by atoms with Gasteiger partial charge in [-0.1, -0.05) is 91.0 Å². The first-order valence-corrected chi connectivity index (χ1v) is 9.47. The highest BCUT2D eigenvalue weighted by Gasteiger charge is 2.22. The van der Waals surface area contributed by atoms with Gasteiger partial charge in [-0.2, -0.15) is 5.26 Å². The molecule has 2 nitrogen and oxygen atoms in total. The summed E-state index contributed by atoms with van der Waals surface area (Å²) in [6.07, 6.45) is 0.00464.